The SMILES string of the molecule is OC(C#Cc1ccccc1)(c1ccccc1)C1CCNCC1. The van der Waals surface area contributed by atoms with Crippen molar-refractivity contribution in [3.8, 4) is 11.8 Å². The second-order valence-electron chi connectivity index (χ2n) is 5.77. The van der Waals surface area contributed by atoms with E-state index in [1.807, 2.05) is 60.7 Å². The van der Waals surface area contributed by atoms with Crippen LogP contribution in [0.1, 0.15) is 24.0 Å². The van der Waals surface area contributed by atoms with Crippen LogP contribution in [0.5, 0.6) is 0 Å². The number of aliphatic hydroxyl groups is 1. The van der Waals surface area contributed by atoms with E-state index in [9.17, 15) is 5.11 Å². The number of piperidine rings is 1. The third kappa shape index (κ3) is 3.22. The van der Waals surface area contributed by atoms with Crippen LogP contribution >= 0.6 is 0 Å². The molecule has 1 fully saturated rings. The molecule has 0 spiro atoms. The maximum Gasteiger partial charge on any atom is 0.154 e. The van der Waals surface area contributed by atoms with E-state index in [4.69, 9.17) is 0 Å². The van der Waals surface area contributed by atoms with Crippen LogP contribution in [-0.4, -0.2) is 18.2 Å². The maximum absolute atomic E-state index is 11.4. The minimum absolute atomic E-state index is 0.160. The highest BCUT2D eigenvalue weighted by Crippen LogP contribution is 2.34. The van der Waals surface area contributed by atoms with Gasteiger partial charge in [0.05, 0.1) is 0 Å². The number of rotatable bonds is 2. The Labute approximate surface area is 132 Å². The van der Waals surface area contributed by atoms with Crippen molar-refractivity contribution in [2.75, 3.05) is 13.1 Å². The normalized spacial score (nSPS) is 18.0. The third-order valence-corrected chi connectivity index (χ3v) is 4.32. The van der Waals surface area contributed by atoms with Crippen LogP contribution < -0.4 is 5.32 Å². The van der Waals surface area contributed by atoms with Crippen molar-refractivity contribution in [2.24, 2.45) is 5.92 Å². The molecule has 0 aliphatic carbocycles. The summed E-state index contributed by atoms with van der Waals surface area (Å²) in [4.78, 5) is 0. The number of benzene rings is 2. The van der Waals surface area contributed by atoms with E-state index in [1.165, 1.54) is 0 Å². The first-order valence-electron chi connectivity index (χ1n) is 7.86. The molecule has 2 N–H and O–H groups in total. The van der Waals surface area contributed by atoms with Gasteiger partial charge in [-0.3, -0.25) is 0 Å². The minimum atomic E-state index is -1.08. The first-order chi connectivity index (χ1) is 10.8. The molecule has 1 atom stereocenters. The van der Waals surface area contributed by atoms with Gasteiger partial charge in [-0.25, -0.2) is 0 Å². The summed E-state index contributed by atoms with van der Waals surface area (Å²) in [5, 5.41) is 14.7. The predicted octanol–water partition coefficient (Wildman–Crippen LogP) is 2.93. The quantitative estimate of drug-likeness (QED) is 0.834. The summed E-state index contributed by atoms with van der Waals surface area (Å²) in [6.45, 7) is 1.87. The van der Waals surface area contributed by atoms with Gasteiger partial charge in [0, 0.05) is 11.5 Å². The summed E-state index contributed by atoms with van der Waals surface area (Å²) in [5.41, 5.74) is 0.746. The number of hydrogen-bond acceptors (Lipinski definition) is 2. The molecule has 0 saturated carbocycles. The molecule has 2 heteroatoms. The molecule has 2 aromatic carbocycles. The average molecular weight is 291 g/mol. The summed E-state index contributed by atoms with van der Waals surface area (Å²) in [7, 11) is 0. The lowest BCUT2D eigenvalue weighted by Crippen LogP contribution is -2.41. The highest BCUT2D eigenvalue weighted by molar-refractivity contribution is 5.40. The zero-order valence-electron chi connectivity index (χ0n) is 12.6. The monoisotopic (exact) mass is 291 g/mol. The van der Waals surface area contributed by atoms with Gasteiger partial charge >= 0.3 is 0 Å². The first kappa shape index (κ1) is 14.8. The third-order valence-electron chi connectivity index (χ3n) is 4.32. The lowest BCUT2D eigenvalue weighted by atomic mass is 9.76. The molecule has 22 heavy (non-hydrogen) atoms. The van der Waals surface area contributed by atoms with Crippen molar-refractivity contribution < 1.29 is 5.11 Å². The van der Waals surface area contributed by atoms with Crippen molar-refractivity contribution in [3.05, 3.63) is 71.8 Å². The van der Waals surface area contributed by atoms with Crippen molar-refractivity contribution in [2.45, 2.75) is 18.4 Å². The van der Waals surface area contributed by atoms with Crippen LogP contribution in [-0.2, 0) is 5.60 Å². The molecular formula is C20H21NO. The van der Waals surface area contributed by atoms with E-state index in [2.05, 4.69) is 17.2 Å². The zero-order chi connectivity index (χ0) is 15.3. The summed E-state index contributed by atoms with van der Waals surface area (Å²) < 4.78 is 0. The Morgan fingerprint density at radius 1 is 0.909 bits per heavy atom. The Morgan fingerprint density at radius 2 is 1.50 bits per heavy atom. The molecule has 1 heterocycles. The summed E-state index contributed by atoms with van der Waals surface area (Å²) in [6, 6.07) is 19.7. The molecule has 0 amide bonds. The van der Waals surface area contributed by atoms with E-state index in [0.717, 1.165) is 37.1 Å². The molecule has 1 unspecified atom stereocenters. The van der Waals surface area contributed by atoms with Crippen LogP contribution in [0.15, 0.2) is 60.7 Å². The Morgan fingerprint density at radius 3 is 2.14 bits per heavy atom. The van der Waals surface area contributed by atoms with Crippen molar-refractivity contribution in [1.82, 2.24) is 5.32 Å². The van der Waals surface area contributed by atoms with Crippen molar-refractivity contribution in [1.29, 1.82) is 0 Å². The lowest BCUT2D eigenvalue weighted by Gasteiger charge is -2.35. The summed E-state index contributed by atoms with van der Waals surface area (Å²) in [6.07, 6.45) is 1.88. The van der Waals surface area contributed by atoms with E-state index < -0.39 is 5.60 Å². The molecule has 1 aliphatic heterocycles. The molecule has 3 rings (SSSR count). The van der Waals surface area contributed by atoms with Gasteiger partial charge in [-0.2, -0.15) is 0 Å². The molecule has 0 bridgehead atoms. The molecule has 2 nitrogen and oxygen atoms in total. The Balaban J connectivity index is 1.98. The molecule has 112 valence electrons. The second kappa shape index (κ2) is 6.79. The fraction of sp³-hybridized carbons (Fsp3) is 0.300. The van der Waals surface area contributed by atoms with Crippen LogP contribution in [0.2, 0.25) is 0 Å². The van der Waals surface area contributed by atoms with Gasteiger partial charge in [0.15, 0.2) is 5.60 Å². The van der Waals surface area contributed by atoms with Gasteiger partial charge in [-0.1, -0.05) is 60.4 Å². The largest absolute Gasteiger partial charge is 0.373 e. The molecular weight excluding hydrogens is 270 g/mol. The molecule has 1 aliphatic rings. The average Bonchev–Trinajstić information content (AvgIpc) is 2.62. The van der Waals surface area contributed by atoms with E-state index in [-0.39, 0.29) is 5.92 Å². The molecule has 0 radical (unpaired) electrons. The van der Waals surface area contributed by atoms with Crippen LogP contribution in [0.25, 0.3) is 0 Å². The molecule has 0 aromatic heterocycles. The standard InChI is InChI=1S/C20H21NO/c22-20(18-9-5-2-6-10-18,19-12-15-21-16-13-19)14-11-17-7-3-1-4-8-17/h1-10,19,21-22H,12-13,15-16H2. The van der Waals surface area contributed by atoms with Gasteiger partial charge in [-0.05, 0) is 43.6 Å². The summed E-state index contributed by atoms with van der Waals surface area (Å²) in [5.74, 6) is 6.50. The fourth-order valence-corrected chi connectivity index (χ4v) is 3.03. The van der Waals surface area contributed by atoms with E-state index >= 15 is 0 Å². The van der Waals surface area contributed by atoms with Crippen molar-refractivity contribution in [3.63, 3.8) is 0 Å². The first-order valence-corrected chi connectivity index (χ1v) is 7.86. The number of hydrogen-bond donors (Lipinski definition) is 2. The van der Waals surface area contributed by atoms with Crippen LogP contribution in [0.4, 0.5) is 0 Å². The zero-order valence-corrected chi connectivity index (χ0v) is 12.6. The maximum atomic E-state index is 11.4. The van der Waals surface area contributed by atoms with Gasteiger partial charge < -0.3 is 10.4 Å². The van der Waals surface area contributed by atoms with E-state index in [0.29, 0.717) is 0 Å². The summed E-state index contributed by atoms with van der Waals surface area (Å²) >= 11 is 0. The Bertz CT molecular complexity index is 650. The smallest absolute Gasteiger partial charge is 0.154 e. The topological polar surface area (TPSA) is 32.3 Å². The van der Waals surface area contributed by atoms with Crippen LogP contribution in [0, 0.1) is 17.8 Å². The second-order valence-corrected chi connectivity index (χ2v) is 5.77. The fourth-order valence-electron chi connectivity index (χ4n) is 3.03. The molecule has 2 aromatic rings. The minimum Gasteiger partial charge on any atom is -0.373 e. The molecule has 1 saturated heterocycles. The predicted molar refractivity (Wildman–Crippen MR) is 89.3 cm³/mol. The highest BCUT2D eigenvalue weighted by Gasteiger charge is 2.37. The lowest BCUT2D eigenvalue weighted by molar-refractivity contribution is 0.0192. The van der Waals surface area contributed by atoms with Gasteiger partial charge in [0.25, 0.3) is 0 Å². The Kier molecular flexibility index (Phi) is 4.58. The van der Waals surface area contributed by atoms with Gasteiger partial charge in [-0.15, -0.1) is 0 Å². The van der Waals surface area contributed by atoms with Gasteiger partial charge in [0.2, 0.25) is 0 Å². The highest BCUT2D eigenvalue weighted by atomic mass is 16.3. The van der Waals surface area contributed by atoms with Crippen LogP contribution in [0.3, 0.4) is 0 Å². The van der Waals surface area contributed by atoms with E-state index in [1.54, 1.807) is 0 Å². The number of nitrogens with one attached hydrogen (secondary N) is 1. The van der Waals surface area contributed by atoms with Crippen molar-refractivity contribution >= 4 is 0 Å². The van der Waals surface area contributed by atoms with Gasteiger partial charge in [0.1, 0.15) is 0 Å². The Hall–Kier alpha value is -2.08.